The van der Waals surface area contributed by atoms with Crippen molar-refractivity contribution in [1.29, 1.82) is 5.26 Å². The monoisotopic (exact) mass is 205 g/mol. The molecule has 5 nitrogen and oxygen atoms in total. The Bertz CT molecular complexity index is 235. The number of hydrogen-bond acceptors (Lipinski definition) is 5. The van der Waals surface area contributed by atoms with Crippen molar-refractivity contribution in [2.45, 2.75) is 26.1 Å². The maximum atomic E-state index is 11.1. The van der Waals surface area contributed by atoms with Gasteiger partial charge in [-0.3, -0.25) is 9.36 Å². The summed E-state index contributed by atoms with van der Waals surface area (Å²) in [6.45, 7) is 3.30. The second-order valence-corrected chi connectivity index (χ2v) is 3.74. The second kappa shape index (κ2) is 6.64. The van der Waals surface area contributed by atoms with Gasteiger partial charge in [0.2, 0.25) is 8.03 Å². The number of hydrogen-bond donors (Lipinski definition) is 0. The van der Waals surface area contributed by atoms with Gasteiger partial charge in [0.25, 0.3) is 5.85 Å². The van der Waals surface area contributed by atoms with E-state index < -0.39 is 19.8 Å². The van der Waals surface area contributed by atoms with Gasteiger partial charge in [-0.15, -0.1) is 0 Å². The molecule has 6 heteroatoms. The molecule has 0 aromatic heterocycles. The average Bonchev–Trinajstić information content (AvgIpc) is 2.09. The molecule has 0 aliphatic carbocycles. The zero-order valence-corrected chi connectivity index (χ0v) is 8.57. The average molecular weight is 205 g/mol. The van der Waals surface area contributed by atoms with E-state index in [0.29, 0.717) is 13.0 Å². The van der Waals surface area contributed by atoms with E-state index in [2.05, 4.69) is 4.74 Å². The lowest BCUT2D eigenvalue weighted by Crippen LogP contribution is -2.10. The number of rotatable bonds is 5. The molecule has 2 unspecified atom stereocenters. The van der Waals surface area contributed by atoms with Crippen molar-refractivity contribution < 1.29 is 18.6 Å². The Hall–Kier alpha value is -0.850. The fourth-order valence-electron chi connectivity index (χ4n) is 0.571. The minimum absolute atomic E-state index is 0.303. The molecule has 0 aromatic carbocycles. The van der Waals surface area contributed by atoms with Gasteiger partial charge in [-0.2, -0.15) is 5.26 Å². The third-order valence-corrected chi connectivity index (χ3v) is 2.23. The summed E-state index contributed by atoms with van der Waals surface area (Å²) in [4.78, 5) is 10.4. The lowest BCUT2D eigenvalue weighted by Gasteiger charge is -2.08. The summed E-state index contributed by atoms with van der Waals surface area (Å²) in [6.07, 6.45) is 0.703. The number of esters is 1. The summed E-state index contributed by atoms with van der Waals surface area (Å²) in [7, 11) is -2.59. The Morgan fingerprint density at radius 3 is 2.69 bits per heavy atom. The predicted molar refractivity (Wildman–Crippen MR) is 46.4 cm³/mol. The summed E-state index contributed by atoms with van der Waals surface area (Å²) in [6, 6.07) is 1.61. The minimum Gasteiger partial charge on any atom is -0.437 e. The first kappa shape index (κ1) is 12.2. The van der Waals surface area contributed by atoms with Gasteiger partial charge in [0.1, 0.15) is 6.07 Å². The van der Waals surface area contributed by atoms with Gasteiger partial charge >= 0.3 is 5.97 Å². The van der Waals surface area contributed by atoms with Crippen LogP contribution in [0.25, 0.3) is 0 Å². The van der Waals surface area contributed by atoms with E-state index in [0.717, 1.165) is 6.92 Å². The van der Waals surface area contributed by atoms with E-state index >= 15 is 0 Å². The molecule has 0 saturated carbocycles. The SMILES string of the molecule is CCCO[PH](=O)C(C#N)OC(C)=O. The van der Waals surface area contributed by atoms with Crippen molar-refractivity contribution in [3.63, 3.8) is 0 Å². The first-order valence-corrected chi connectivity index (χ1v) is 5.24. The molecular weight excluding hydrogens is 193 g/mol. The Kier molecular flexibility index (Phi) is 6.21. The van der Waals surface area contributed by atoms with Gasteiger partial charge in [-0.25, -0.2) is 0 Å². The Balaban J connectivity index is 4.02. The van der Waals surface area contributed by atoms with Crippen LogP contribution >= 0.6 is 8.03 Å². The molecular formula is C7H12NO4P. The van der Waals surface area contributed by atoms with Gasteiger partial charge < -0.3 is 9.26 Å². The van der Waals surface area contributed by atoms with Crippen molar-refractivity contribution in [2.24, 2.45) is 0 Å². The number of carbonyl (C=O) groups excluding carboxylic acids is 1. The fraction of sp³-hybridized carbons (Fsp3) is 0.714. The van der Waals surface area contributed by atoms with Gasteiger partial charge in [-0.1, -0.05) is 6.92 Å². The van der Waals surface area contributed by atoms with Crippen LogP contribution in [0.5, 0.6) is 0 Å². The Labute approximate surface area is 77.5 Å². The van der Waals surface area contributed by atoms with Crippen LogP contribution in [0.2, 0.25) is 0 Å². The Morgan fingerprint density at radius 1 is 1.69 bits per heavy atom. The molecule has 2 atom stereocenters. The molecule has 0 N–H and O–H groups in total. The summed E-state index contributed by atoms with van der Waals surface area (Å²) in [5.41, 5.74) is 0. The lowest BCUT2D eigenvalue weighted by atomic mass is 10.5. The third-order valence-electron chi connectivity index (χ3n) is 1.06. The smallest absolute Gasteiger partial charge is 0.304 e. The van der Waals surface area contributed by atoms with Gasteiger partial charge in [0.15, 0.2) is 0 Å². The molecule has 0 fully saturated rings. The van der Waals surface area contributed by atoms with Gasteiger partial charge in [-0.05, 0) is 6.42 Å². The van der Waals surface area contributed by atoms with E-state index in [4.69, 9.17) is 9.79 Å². The highest BCUT2D eigenvalue weighted by atomic mass is 31.1. The van der Waals surface area contributed by atoms with Crippen LogP contribution in [0.1, 0.15) is 20.3 Å². The summed E-state index contributed by atoms with van der Waals surface area (Å²) in [5, 5.41) is 8.46. The number of nitrogens with zero attached hydrogens (tertiary/aromatic N) is 1. The molecule has 0 amide bonds. The standard InChI is InChI=1S/C7H12NO4P/c1-3-4-11-13(10)7(5-8)12-6(2)9/h7,13H,3-4H2,1-2H3. The van der Waals surface area contributed by atoms with E-state index in [-0.39, 0.29) is 0 Å². The van der Waals surface area contributed by atoms with Crippen molar-refractivity contribution in [2.75, 3.05) is 6.61 Å². The molecule has 0 radical (unpaired) electrons. The number of carbonyl (C=O) groups is 1. The molecule has 0 bridgehead atoms. The summed E-state index contributed by atoms with van der Waals surface area (Å²) < 4.78 is 20.4. The second-order valence-electron chi connectivity index (χ2n) is 2.29. The van der Waals surface area contributed by atoms with E-state index in [1.807, 2.05) is 6.92 Å². The topological polar surface area (TPSA) is 76.4 Å². The van der Waals surface area contributed by atoms with Crippen molar-refractivity contribution in [3.05, 3.63) is 0 Å². The van der Waals surface area contributed by atoms with E-state index in [9.17, 15) is 9.36 Å². The first-order valence-electron chi connectivity index (χ1n) is 3.85. The van der Waals surface area contributed by atoms with Crippen LogP contribution in [-0.2, 0) is 18.6 Å². The van der Waals surface area contributed by atoms with Crippen molar-refractivity contribution in [1.82, 2.24) is 0 Å². The van der Waals surface area contributed by atoms with E-state index in [1.165, 1.54) is 0 Å². The quantitative estimate of drug-likeness (QED) is 0.499. The summed E-state index contributed by atoms with van der Waals surface area (Å²) >= 11 is 0. The molecule has 0 aromatic rings. The third kappa shape index (κ3) is 5.40. The molecule has 0 spiro atoms. The highest BCUT2D eigenvalue weighted by Gasteiger charge is 2.18. The van der Waals surface area contributed by atoms with Gasteiger partial charge in [0.05, 0.1) is 6.61 Å². The highest BCUT2D eigenvalue weighted by molar-refractivity contribution is 7.40. The van der Waals surface area contributed by atoms with Gasteiger partial charge in [0, 0.05) is 6.92 Å². The van der Waals surface area contributed by atoms with Crippen LogP contribution in [0.3, 0.4) is 0 Å². The largest absolute Gasteiger partial charge is 0.437 e. The highest BCUT2D eigenvalue weighted by Crippen LogP contribution is 2.29. The fourth-order valence-corrected chi connectivity index (χ4v) is 1.50. The van der Waals surface area contributed by atoms with E-state index in [1.54, 1.807) is 6.07 Å². The predicted octanol–water partition coefficient (Wildman–Crippen LogP) is 1.30. The summed E-state index contributed by atoms with van der Waals surface area (Å²) in [5.74, 6) is -1.89. The first-order chi connectivity index (χ1) is 6.11. The normalized spacial score (nSPS) is 14.2. The number of nitriles is 1. The molecule has 74 valence electrons. The zero-order chi connectivity index (χ0) is 10.3. The molecule has 0 heterocycles. The molecule has 0 saturated heterocycles. The molecule has 0 aliphatic heterocycles. The maximum absolute atomic E-state index is 11.1. The Morgan fingerprint density at radius 2 is 2.31 bits per heavy atom. The lowest BCUT2D eigenvalue weighted by molar-refractivity contribution is -0.141. The molecule has 13 heavy (non-hydrogen) atoms. The van der Waals surface area contributed by atoms with Crippen molar-refractivity contribution >= 4 is 14.0 Å². The van der Waals surface area contributed by atoms with Crippen molar-refractivity contribution in [3.8, 4) is 6.07 Å². The number of ether oxygens (including phenoxy) is 1. The molecule has 0 rings (SSSR count). The van der Waals surface area contributed by atoms with Crippen LogP contribution < -0.4 is 0 Å². The maximum Gasteiger partial charge on any atom is 0.304 e. The van der Waals surface area contributed by atoms with Crippen LogP contribution in [0, 0.1) is 11.3 Å². The van der Waals surface area contributed by atoms with Crippen LogP contribution in [0.15, 0.2) is 0 Å². The zero-order valence-electron chi connectivity index (χ0n) is 7.57. The molecule has 0 aliphatic rings. The minimum atomic E-state index is -2.59. The van der Waals surface area contributed by atoms with Crippen LogP contribution in [0.4, 0.5) is 0 Å². The van der Waals surface area contributed by atoms with Crippen LogP contribution in [-0.4, -0.2) is 18.4 Å².